The number of phenols is 1. The van der Waals surface area contributed by atoms with Crippen molar-refractivity contribution < 1.29 is 9.32 Å². The van der Waals surface area contributed by atoms with Crippen LogP contribution in [-0.2, 0) is 10.8 Å². The Hall–Kier alpha value is -2.53. The van der Waals surface area contributed by atoms with Crippen LogP contribution >= 0.6 is 0 Å². The number of allylic oxidation sites excluding steroid dienone is 1. The number of hydrogen-bond acceptors (Lipinski definition) is 4. The number of rotatable bonds is 4. The SMILES string of the molecule is C=C/C=c1/c(N=Nc2ccc(S(C)=O)cc2)c(O)ccc1=C. The van der Waals surface area contributed by atoms with Crippen molar-refractivity contribution in [3.8, 4) is 5.75 Å². The third kappa shape index (κ3) is 3.56. The lowest BCUT2D eigenvalue weighted by molar-refractivity contribution is 0.476. The summed E-state index contributed by atoms with van der Waals surface area (Å²) in [6, 6.07) is 10.2. The van der Waals surface area contributed by atoms with Crippen molar-refractivity contribution in [2.75, 3.05) is 6.26 Å². The minimum Gasteiger partial charge on any atom is -0.506 e. The molecule has 0 aromatic heterocycles. The fourth-order valence-corrected chi connectivity index (χ4v) is 2.38. The lowest BCUT2D eigenvalue weighted by atomic mass is 10.2. The van der Waals surface area contributed by atoms with Gasteiger partial charge in [-0.1, -0.05) is 31.4 Å². The van der Waals surface area contributed by atoms with E-state index in [2.05, 4.69) is 23.4 Å². The Morgan fingerprint density at radius 3 is 2.41 bits per heavy atom. The molecule has 1 unspecified atom stereocenters. The van der Waals surface area contributed by atoms with E-state index in [0.29, 0.717) is 16.6 Å². The smallest absolute Gasteiger partial charge is 0.143 e. The van der Waals surface area contributed by atoms with E-state index in [1.165, 1.54) is 6.07 Å². The van der Waals surface area contributed by atoms with Crippen molar-refractivity contribution >= 4 is 34.8 Å². The summed E-state index contributed by atoms with van der Waals surface area (Å²) >= 11 is 0. The highest BCUT2D eigenvalue weighted by Gasteiger charge is 2.02. The van der Waals surface area contributed by atoms with E-state index >= 15 is 0 Å². The molecule has 0 aliphatic carbocycles. The maximum absolute atomic E-state index is 11.3. The third-order valence-electron chi connectivity index (χ3n) is 3.00. The van der Waals surface area contributed by atoms with Crippen LogP contribution in [0.15, 0.2) is 64.2 Å². The summed E-state index contributed by atoms with van der Waals surface area (Å²) in [5.74, 6) is 0.0236. The zero-order valence-corrected chi connectivity index (χ0v) is 13.0. The summed E-state index contributed by atoms with van der Waals surface area (Å²) in [6.07, 6.45) is 4.94. The maximum Gasteiger partial charge on any atom is 0.143 e. The van der Waals surface area contributed by atoms with Gasteiger partial charge < -0.3 is 5.11 Å². The topological polar surface area (TPSA) is 62.0 Å². The molecule has 112 valence electrons. The van der Waals surface area contributed by atoms with Crippen molar-refractivity contribution in [3.63, 3.8) is 0 Å². The zero-order chi connectivity index (χ0) is 16.1. The molecule has 22 heavy (non-hydrogen) atoms. The summed E-state index contributed by atoms with van der Waals surface area (Å²) < 4.78 is 11.3. The average Bonchev–Trinajstić information content (AvgIpc) is 2.51. The summed E-state index contributed by atoms with van der Waals surface area (Å²) in [6.45, 7) is 7.55. The Kier molecular flexibility index (Phi) is 5.01. The van der Waals surface area contributed by atoms with E-state index in [-0.39, 0.29) is 5.75 Å². The fourth-order valence-electron chi connectivity index (χ4n) is 1.86. The summed E-state index contributed by atoms with van der Waals surface area (Å²) in [5, 5.41) is 19.6. The van der Waals surface area contributed by atoms with Crippen molar-refractivity contribution in [1.29, 1.82) is 0 Å². The second-order valence-electron chi connectivity index (χ2n) is 4.56. The molecule has 2 rings (SSSR count). The molecule has 0 fully saturated rings. The first-order valence-electron chi connectivity index (χ1n) is 6.52. The van der Waals surface area contributed by atoms with E-state index in [1.807, 2.05) is 0 Å². The van der Waals surface area contributed by atoms with Crippen LogP contribution in [0.1, 0.15) is 0 Å². The molecule has 0 saturated heterocycles. The zero-order valence-electron chi connectivity index (χ0n) is 12.2. The van der Waals surface area contributed by atoms with Crippen molar-refractivity contribution in [2.24, 2.45) is 10.2 Å². The molecule has 0 saturated carbocycles. The third-order valence-corrected chi connectivity index (χ3v) is 3.94. The highest BCUT2D eigenvalue weighted by atomic mass is 32.2. The van der Waals surface area contributed by atoms with Gasteiger partial charge in [-0.25, -0.2) is 0 Å². The van der Waals surface area contributed by atoms with Crippen LogP contribution in [0.4, 0.5) is 11.4 Å². The molecule has 0 bridgehead atoms. The second-order valence-corrected chi connectivity index (χ2v) is 5.94. The minimum atomic E-state index is -1.03. The predicted molar refractivity (Wildman–Crippen MR) is 90.5 cm³/mol. The number of hydrogen-bond donors (Lipinski definition) is 1. The van der Waals surface area contributed by atoms with Gasteiger partial charge in [0.25, 0.3) is 0 Å². The van der Waals surface area contributed by atoms with Crippen LogP contribution in [0.5, 0.6) is 5.75 Å². The monoisotopic (exact) mass is 312 g/mol. The molecule has 1 atom stereocenters. The Labute approximate surface area is 131 Å². The normalized spacial score (nSPS) is 13.4. The summed E-state index contributed by atoms with van der Waals surface area (Å²) in [4.78, 5) is 0.724. The number of aromatic hydroxyl groups is 1. The Balaban J connectivity index is 2.44. The molecular formula is C17H16N2O2S. The predicted octanol–water partition coefficient (Wildman–Crippen LogP) is 2.92. The quantitative estimate of drug-likeness (QED) is 0.882. The van der Waals surface area contributed by atoms with Gasteiger partial charge in [0.05, 0.1) is 5.69 Å². The van der Waals surface area contributed by atoms with Gasteiger partial charge in [-0.2, -0.15) is 5.11 Å². The molecule has 0 heterocycles. The Morgan fingerprint density at radius 2 is 1.82 bits per heavy atom. The average molecular weight is 312 g/mol. The van der Waals surface area contributed by atoms with Crippen molar-refractivity contribution in [3.05, 3.63) is 59.5 Å². The van der Waals surface area contributed by atoms with E-state index in [4.69, 9.17) is 0 Å². The van der Waals surface area contributed by atoms with Crippen molar-refractivity contribution in [1.82, 2.24) is 0 Å². The largest absolute Gasteiger partial charge is 0.506 e. The first kappa shape index (κ1) is 15.9. The van der Waals surface area contributed by atoms with Gasteiger partial charge in [0.2, 0.25) is 0 Å². The number of benzene rings is 2. The van der Waals surface area contributed by atoms with Crippen LogP contribution < -0.4 is 10.4 Å². The Morgan fingerprint density at radius 1 is 1.14 bits per heavy atom. The van der Waals surface area contributed by atoms with Gasteiger partial charge in [-0.15, -0.1) is 5.11 Å². The molecule has 2 aromatic rings. The first-order chi connectivity index (χ1) is 10.5. The van der Waals surface area contributed by atoms with Gasteiger partial charge in [0.1, 0.15) is 11.4 Å². The van der Waals surface area contributed by atoms with Gasteiger partial charge in [0, 0.05) is 27.2 Å². The van der Waals surface area contributed by atoms with Gasteiger partial charge in [-0.05, 0) is 35.6 Å². The molecule has 0 aliphatic heterocycles. The summed E-state index contributed by atoms with van der Waals surface area (Å²) in [5.41, 5.74) is 0.947. The molecule has 0 radical (unpaired) electrons. The van der Waals surface area contributed by atoms with Crippen LogP contribution in [-0.4, -0.2) is 15.6 Å². The molecule has 0 spiro atoms. The van der Waals surface area contributed by atoms with Crippen LogP contribution in [0.3, 0.4) is 0 Å². The highest BCUT2D eigenvalue weighted by molar-refractivity contribution is 7.84. The Bertz CT molecular complexity index is 855. The molecule has 0 amide bonds. The summed E-state index contributed by atoms with van der Waals surface area (Å²) in [7, 11) is -1.03. The fraction of sp³-hybridized carbons (Fsp3) is 0.0588. The standard InChI is InChI=1S/C17H16N2O2S/c1-4-5-15-12(2)6-11-16(20)17(15)19-18-13-7-9-14(10-8-13)22(3)21/h4-11,20H,1-2H2,3H3/b15-5+,19-18?. The molecule has 4 nitrogen and oxygen atoms in total. The van der Waals surface area contributed by atoms with Crippen LogP contribution in [0.25, 0.3) is 12.7 Å². The van der Waals surface area contributed by atoms with Crippen LogP contribution in [0, 0.1) is 0 Å². The van der Waals surface area contributed by atoms with Crippen LogP contribution in [0.2, 0.25) is 0 Å². The van der Waals surface area contributed by atoms with E-state index in [0.717, 1.165) is 10.1 Å². The van der Waals surface area contributed by atoms with E-state index in [9.17, 15) is 9.32 Å². The lowest BCUT2D eigenvalue weighted by Crippen LogP contribution is -2.22. The minimum absolute atomic E-state index is 0.0236. The molecule has 0 aliphatic rings. The number of nitrogens with zero attached hydrogens (tertiary/aromatic N) is 2. The lowest BCUT2D eigenvalue weighted by Gasteiger charge is -2.00. The molecule has 5 heteroatoms. The molecule has 1 N–H and O–H groups in total. The maximum atomic E-state index is 11.3. The van der Waals surface area contributed by atoms with E-state index in [1.54, 1.807) is 48.7 Å². The van der Waals surface area contributed by atoms with Gasteiger partial charge in [0.15, 0.2) is 0 Å². The highest BCUT2D eigenvalue weighted by Crippen LogP contribution is 2.23. The van der Waals surface area contributed by atoms with Gasteiger partial charge in [-0.3, -0.25) is 4.21 Å². The second kappa shape index (κ2) is 6.95. The van der Waals surface area contributed by atoms with Gasteiger partial charge >= 0.3 is 0 Å². The van der Waals surface area contributed by atoms with E-state index < -0.39 is 10.8 Å². The molecular weight excluding hydrogens is 296 g/mol. The number of azo groups is 1. The number of phenolic OH excluding ortho intramolecular Hbond substituents is 1. The first-order valence-corrected chi connectivity index (χ1v) is 8.07. The van der Waals surface area contributed by atoms with Crippen molar-refractivity contribution in [2.45, 2.75) is 4.90 Å². The molecule has 2 aromatic carbocycles.